The van der Waals surface area contributed by atoms with Crippen LogP contribution in [0.15, 0.2) is 48.8 Å². The number of nitrogens with one attached hydrogen (secondary N) is 2. The van der Waals surface area contributed by atoms with Gasteiger partial charge in [-0.1, -0.05) is 12.1 Å². The fourth-order valence-corrected chi connectivity index (χ4v) is 1.68. The third-order valence-electron chi connectivity index (χ3n) is 2.71. The van der Waals surface area contributed by atoms with Gasteiger partial charge in [0.25, 0.3) is 0 Å². The van der Waals surface area contributed by atoms with Crippen molar-refractivity contribution in [1.82, 2.24) is 4.98 Å². The Morgan fingerprint density at radius 1 is 1.00 bits per heavy atom. The summed E-state index contributed by atoms with van der Waals surface area (Å²) in [7, 11) is 1.23. The van der Waals surface area contributed by atoms with Crippen molar-refractivity contribution < 1.29 is 19.1 Å². The van der Waals surface area contributed by atoms with Gasteiger partial charge in [-0.05, 0) is 24.3 Å². The molecule has 2 amide bonds. The highest BCUT2D eigenvalue weighted by Crippen LogP contribution is 2.16. The number of esters is 1. The van der Waals surface area contributed by atoms with E-state index >= 15 is 0 Å². The quantitative estimate of drug-likeness (QED) is 0.660. The molecule has 0 saturated carbocycles. The van der Waals surface area contributed by atoms with E-state index in [-0.39, 0.29) is 11.3 Å². The Balaban J connectivity index is 2.09. The molecule has 7 heteroatoms. The molecule has 0 atom stereocenters. The van der Waals surface area contributed by atoms with E-state index in [1.807, 2.05) is 0 Å². The van der Waals surface area contributed by atoms with Crippen LogP contribution >= 0.6 is 0 Å². The molecule has 0 aliphatic carbocycles. The first kappa shape index (κ1) is 15.2. The zero-order chi connectivity index (χ0) is 15.9. The van der Waals surface area contributed by atoms with Crippen LogP contribution in [0.4, 0.5) is 11.4 Å². The number of methoxy groups -OCH3 is 1. The van der Waals surface area contributed by atoms with Crippen LogP contribution < -0.4 is 10.6 Å². The molecule has 2 rings (SSSR count). The zero-order valence-corrected chi connectivity index (χ0v) is 11.7. The maximum Gasteiger partial charge on any atom is 0.339 e. The van der Waals surface area contributed by atoms with Crippen molar-refractivity contribution in [2.45, 2.75) is 0 Å². The number of hydrogen-bond donors (Lipinski definition) is 2. The Bertz CT molecular complexity index is 701. The lowest BCUT2D eigenvalue weighted by atomic mass is 10.2. The van der Waals surface area contributed by atoms with Gasteiger partial charge in [-0.2, -0.15) is 0 Å². The molecule has 0 radical (unpaired) electrons. The van der Waals surface area contributed by atoms with Crippen molar-refractivity contribution >= 4 is 29.2 Å². The number of rotatable bonds is 3. The van der Waals surface area contributed by atoms with Crippen LogP contribution in [0.25, 0.3) is 0 Å². The Morgan fingerprint density at radius 3 is 2.41 bits per heavy atom. The molecule has 0 bridgehead atoms. The molecule has 112 valence electrons. The minimum atomic E-state index is -0.903. The first-order valence-electron chi connectivity index (χ1n) is 6.31. The van der Waals surface area contributed by atoms with Gasteiger partial charge in [0.05, 0.1) is 30.2 Å². The Labute approximate surface area is 126 Å². The van der Waals surface area contributed by atoms with Gasteiger partial charge >= 0.3 is 17.8 Å². The number of hydrogen-bond acceptors (Lipinski definition) is 5. The summed E-state index contributed by atoms with van der Waals surface area (Å²) in [6.07, 6.45) is 2.95. The van der Waals surface area contributed by atoms with E-state index < -0.39 is 17.8 Å². The van der Waals surface area contributed by atoms with Crippen LogP contribution in [0.3, 0.4) is 0 Å². The highest BCUT2D eigenvalue weighted by molar-refractivity contribution is 6.43. The molecule has 0 fully saturated rings. The summed E-state index contributed by atoms with van der Waals surface area (Å²) in [5.41, 5.74) is 0.747. The van der Waals surface area contributed by atoms with Crippen LogP contribution in [-0.2, 0) is 14.3 Å². The van der Waals surface area contributed by atoms with Crippen molar-refractivity contribution in [3.63, 3.8) is 0 Å². The van der Waals surface area contributed by atoms with Crippen molar-refractivity contribution in [1.29, 1.82) is 0 Å². The standard InChI is InChI=1S/C15H13N3O4/c1-22-15(21)11-6-2-3-7-12(11)18-14(20)13(19)17-10-5-4-8-16-9-10/h2-9H,1H3,(H,17,19)(H,18,20). The average Bonchev–Trinajstić information content (AvgIpc) is 2.55. The smallest absolute Gasteiger partial charge is 0.339 e. The number of para-hydroxylation sites is 1. The SMILES string of the molecule is COC(=O)c1ccccc1NC(=O)C(=O)Nc1cccnc1. The first-order valence-corrected chi connectivity index (χ1v) is 6.31. The van der Waals surface area contributed by atoms with Crippen molar-refractivity contribution in [2.24, 2.45) is 0 Å². The molecule has 1 heterocycles. The number of carbonyl (C=O) groups is 3. The number of benzene rings is 1. The second-order valence-electron chi connectivity index (χ2n) is 4.19. The monoisotopic (exact) mass is 299 g/mol. The molecular weight excluding hydrogens is 286 g/mol. The number of aromatic nitrogens is 1. The summed E-state index contributed by atoms with van der Waals surface area (Å²) in [4.78, 5) is 39.1. The van der Waals surface area contributed by atoms with Crippen LogP contribution in [0.2, 0.25) is 0 Å². The molecule has 1 aromatic carbocycles. The number of pyridine rings is 1. The largest absolute Gasteiger partial charge is 0.465 e. The third kappa shape index (κ3) is 3.66. The average molecular weight is 299 g/mol. The second-order valence-corrected chi connectivity index (χ2v) is 4.19. The molecule has 7 nitrogen and oxygen atoms in total. The Kier molecular flexibility index (Phi) is 4.81. The molecule has 1 aromatic heterocycles. The van der Waals surface area contributed by atoms with Crippen LogP contribution in [0.1, 0.15) is 10.4 Å². The molecule has 22 heavy (non-hydrogen) atoms. The van der Waals surface area contributed by atoms with Gasteiger partial charge < -0.3 is 15.4 Å². The molecule has 2 aromatic rings. The van der Waals surface area contributed by atoms with E-state index in [0.717, 1.165) is 0 Å². The summed E-state index contributed by atoms with van der Waals surface area (Å²) in [5.74, 6) is -2.38. The number of nitrogens with zero attached hydrogens (tertiary/aromatic N) is 1. The van der Waals surface area contributed by atoms with E-state index in [9.17, 15) is 14.4 Å². The minimum absolute atomic E-state index is 0.160. The van der Waals surface area contributed by atoms with E-state index in [0.29, 0.717) is 5.69 Å². The summed E-state index contributed by atoms with van der Waals surface area (Å²) >= 11 is 0. The maximum atomic E-state index is 11.9. The van der Waals surface area contributed by atoms with E-state index in [1.54, 1.807) is 30.5 Å². The Morgan fingerprint density at radius 2 is 1.73 bits per heavy atom. The molecule has 0 saturated heterocycles. The number of anilines is 2. The van der Waals surface area contributed by atoms with E-state index in [4.69, 9.17) is 0 Å². The fraction of sp³-hybridized carbons (Fsp3) is 0.0667. The fourth-order valence-electron chi connectivity index (χ4n) is 1.68. The normalized spacial score (nSPS) is 9.68. The molecular formula is C15H13N3O4. The van der Waals surface area contributed by atoms with Gasteiger partial charge in [-0.15, -0.1) is 0 Å². The van der Waals surface area contributed by atoms with E-state index in [2.05, 4.69) is 20.4 Å². The van der Waals surface area contributed by atoms with Gasteiger partial charge in [0.1, 0.15) is 0 Å². The van der Waals surface area contributed by atoms with Crippen LogP contribution in [0, 0.1) is 0 Å². The van der Waals surface area contributed by atoms with Gasteiger partial charge in [-0.3, -0.25) is 14.6 Å². The molecule has 2 N–H and O–H groups in total. The summed E-state index contributed by atoms with van der Waals surface area (Å²) in [5, 5.41) is 4.77. The predicted molar refractivity (Wildman–Crippen MR) is 79.3 cm³/mol. The van der Waals surface area contributed by atoms with Gasteiger partial charge in [0.15, 0.2) is 0 Å². The molecule has 0 unspecified atom stereocenters. The highest BCUT2D eigenvalue weighted by Gasteiger charge is 2.18. The molecule has 0 aliphatic heterocycles. The third-order valence-corrected chi connectivity index (χ3v) is 2.71. The summed E-state index contributed by atoms with van der Waals surface area (Å²) in [6.45, 7) is 0. The van der Waals surface area contributed by atoms with Crippen LogP contribution in [0.5, 0.6) is 0 Å². The predicted octanol–water partition coefficient (Wildman–Crippen LogP) is 1.45. The molecule has 0 aliphatic rings. The number of carbonyl (C=O) groups excluding carboxylic acids is 3. The van der Waals surface area contributed by atoms with Gasteiger partial charge in [0.2, 0.25) is 0 Å². The van der Waals surface area contributed by atoms with Crippen LogP contribution in [-0.4, -0.2) is 29.9 Å². The lowest BCUT2D eigenvalue weighted by Crippen LogP contribution is -2.29. The van der Waals surface area contributed by atoms with E-state index in [1.165, 1.54) is 25.4 Å². The second kappa shape index (κ2) is 6.98. The highest BCUT2D eigenvalue weighted by atomic mass is 16.5. The summed E-state index contributed by atoms with van der Waals surface area (Å²) in [6, 6.07) is 9.46. The first-order chi connectivity index (χ1) is 10.6. The number of ether oxygens (including phenoxy) is 1. The van der Waals surface area contributed by atoms with Crippen molar-refractivity contribution in [2.75, 3.05) is 17.7 Å². The Hall–Kier alpha value is -3.22. The maximum absolute atomic E-state index is 11.9. The molecule has 0 spiro atoms. The number of amides is 2. The van der Waals surface area contributed by atoms with Crippen molar-refractivity contribution in [3.05, 3.63) is 54.4 Å². The van der Waals surface area contributed by atoms with Gasteiger partial charge in [0, 0.05) is 6.20 Å². The van der Waals surface area contributed by atoms with Crippen molar-refractivity contribution in [3.8, 4) is 0 Å². The lowest BCUT2D eigenvalue weighted by Gasteiger charge is -2.09. The summed E-state index contributed by atoms with van der Waals surface area (Å²) < 4.78 is 4.62. The lowest BCUT2D eigenvalue weighted by molar-refractivity contribution is -0.133. The zero-order valence-electron chi connectivity index (χ0n) is 11.7. The topological polar surface area (TPSA) is 97.4 Å². The van der Waals surface area contributed by atoms with Gasteiger partial charge in [-0.25, -0.2) is 4.79 Å². The minimum Gasteiger partial charge on any atom is -0.465 e.